The van der Waals surface area contributed by atoms with Gasteiger partial charge in [-0.05, 0) is 24.3 Å². The van der Waals surface area contributed by atoms with Crippen LogP contribution in [0.15, 0.2) is 54.0 Å². The zero-order chi connectivity index (χ0) is 20.3. The number of rotatable bonds is 6. The number of methoxy groups -OCH3 is 2. The van der Waals surface area contributed by atoms with Gasteiger partial charge < -0.3 is 14.0 Å². The minimum Gasteiger partial charge on any atom is -0.497 e. The molecule has 8 nitrogen and oxygen atoms in total. The largest absolute Gasteiger partial charge is 0.497 e. The molecule has 0 saturated carbocycles. The number of benzene rings is 2. The number of carbonyl (C=O) groups is 1. The third-order valence-corrected chi connectivity index (χ3v) is 5.06. The molecule has 0 saturated heterocycles. The fourth-order valence-corrected chi connectivity index (χ4v) is 3.77. The summed E-state index contributed by atoms with van der Waals surface area (Å²) in [5, 5.41) is 11.0. The number of thiazole rings is 1. The maximum absolute atomic E-state index is 12.8. The highest BCUT2D eigenvalue weighted by Gasteiger charge is 2.16. The molecule has 0 fully saturated rings. The summed E-state index contributed by atoms with van der Waals surface area (Å²) in [6.07, 6.45) is 1.67. The van der Waals surface area contributed by atoms with E-state index in [0.717, 1.165) is 5.52 Å². The van der Waals surface area contributed by atoms with E-state index in [9.17, 15) is 14.9 Å². The number of hydrogen-bond donors (Lipinski definition) is 0. The summed E-state index contributed by atoms with van der Waals surface area (Å²) in [5.74, 6) is 0.376. The van der Waals surface area contributed by atoms with Gasteiger partial charge in [0.15, 0.2) is 4.80 Å². The number of amides is 1. The highest BCUT2D eigenvalue weighted by Crippen LogP contribution is 2.26. The fourth-order valence-electron chi connectivity index (χ4n) is 2.69. The van der Waals surface area contributed by atoms with Crippen molar-refractivity contribution in [1.29, 1.82) is 0 Å². The van der Waals surface area contributed by atoms with Crippen LogP contribution in [0.4, 0.5) is 5.69 Å². The Morgan fingerprint density at radius 3 is 2.71 bits per heavy atom. The first-order valence-corrected chi connectivity index (χ1v) is 9.00. The van der Waals surface area contributed by atoms with Crippen LogP contribution in [0.3, 0.4) is 0 Å². The molecular formula is C19H17N3O5S. The monoisotopic (exact) mass is 399 g/mol. The molecule has 0 aliphatic heterocycles. The number of nitro benzene ring substituents is 1. The summed E-state index contributed by atoms with van der Waals surface area (Å²) in [5.41, 5.74) is 0.974. The molecule has 1 amide bonds. The Balaban J connectivity index is 2.17. The summed E-state index contributed by atoms with van der Waals surface area (Å²) >= 11 is 1.19. The minimum atomic E-state index is -0.505. The van der Waals surface area contributed by atoms with E-state index in [0.29, 0.717) is 27.5 Å². The Bertz CT molecular complexity index is 1150. The predicted octanol–water partition coefficient (Wildman–Crippen LogP) is 3.56. The van der Waals surface area contributed by atoms with Gasteiger partial charge in [-0.1, -0.05) is 17.4 Å². The molecule has 0 N–H and O–H groups in total. The van der Waals surface area contributed by atoms with Crippen molar-refractivity contribution in [2.24, 2.45) is 4.99 Å². The molecule has 0 radical (unpaired) electrons. The van der Waals surface area contributed by atoms with E-state index in [2.05, 4.69) is 11.6 Å². The van der Waals surface area contributed by atoms with Crippen LogP contribution in [0.1, 0.15) is 10.4 Å². The third-order valence-electron chi connectivity index (χ3n) is 4.02. The minimum absolute atomic E-state index is 0.0214. The molecule has 0 aliphatic rings. The topological polar surface area (TPSA) is 96.0 Å². The first-order valence-electron chi connectivity index (χ1n) is 8.18. The molecular weight excluding hydrogens is 382 g/mol. The molecule has 2 aromatic carbocycles. The molecule has 9 heteroatoms. The molecule has 0 unspecified atom stereocenters. The molecule has 3 rings (SSSR count). The maximum atomic E-state index is 12.8. The van der Waals surface area contributed by atoms with Crippen LogP contribution < -0.4 is 14.3 Å². The Morgan fingerprint density at radius 2 is 2.07 bits per heavy atom. The Hall–Kier alpha value is -3.46. The van der Waals surface area contributed by atoms with Gasteiger partial charge in [0.05, 0.1) is 34.9 Å². The van der Waals surface area contributed by atoms with Gasteiger partial charge in [0, 0.05) is 18.7 Å². The SMILES string of the molecule is C=CCn1c(=NC(=O)c2cc(OC)ccc2OC)sc2cc([N+](=O)[O-])ccc21. The van der Waals surface area contributed by atoms with Gasteiger partial charge in [-0.2, -0.15) is 4.99 Å². The van der Waals surface area contributed by atoms with Crippen molar-refractivity contribution in [2.75, 3.05) is 14.2 Å². The standard InChI is InChI=1S/C19H17N3O5S/c1-4-9-21-15-7-5-12(22(24)25)10-17(15)28-19(21)20-18(23)14-11-13(26-2)6-8-16(14)27-3/h4-8,10-11H,1,9H2,2-3H3. The van der Waals surface area contributed by atoms with Crippen LogP contribution in [-0.4, -0.2) is 29.6 Å². The van der Waals surface area contributed by atoms with E-state index in [1.54, 1.807) is 34.9 Å². The third kappa shape index (κ3) is 3.65. The van der Waals surface area contributed by atoms with Crippen molar-refractivity contribution in [2.45, 2.75) is 6.54 Å². The van der Waals surface area contributed by atoms with Gasteiger partial charge in [0.1, 0.15) is 11.5 Å². The molecule has 0 spiro atoms. The molecule has 0 bridgehead atoms. The lowest BCUT2D eigenvalue weighted by molar-refractivity contribution is -0.384. The first-order chi connectivity index (χ1) is 13.5. The van der Waals surface area contributed by atoms with Gasteiger partial charge in [-0.15, -0.1) is 6.58 Å². The average Bonchev–Trinajstić information content (AvgIpc) is 3.03. The van der Waals surface area contributed by atoms with E-state index in [-0.39, 0.29) is 11.3 Å². The van der Waals surface area contributed by atoms with Crippen molar-refractivity contribution >= 4 is 33.1 Å². The second-order valence-electron chi connectivity index (χ2n) is 5.68. The van der Waals surface area contributed by atoms with Crippen LogP contribution >= 0.6 is 11.3 Å². The smallest absolute Gasteiger partial charge is 0.283 e. The normalized spacial score (nSPS) is 11.4. The molecule has 0 atom stereocenters. The van der Waals surface area contributed by atoms with Crippen LogP contribution in [0.2, 0.25) is 0 Å². The highest BCUT2D eigenvalue weighted by atomic mass is 32.1. The van der Waals surface area contributed by atoms with Crippen LogP contribution in [0.5, 0.6) is 11.5 Å². The number of non-ortho nitro benzene ring substituents is 1. The lowest BCUT2D eigenvalue weighted by atomic mass is 10.2. The average molecular weight is 399 g/mol. The van der Waals surface area contributed by atoms with E-state index >= 15 is 0 Å². The van der Waals surface area contributed by atoms with Gasteiger partial charge in [0.2, 0.25) is 0 Å². The van der Waals surface area contributed by atoms with Crippen molar-refractivity contribution in [3.63, 3.8) is 0 Å². The lowest BCUT2D eigenvalue weighted by Gasteiger charge is -2.07. The summed E-state index contributed by atoms with van der Waals surface area (Å²) < 4.78 is 12.9. The van der Waals surface area contributed by atoms with Gasteiger partial charge >= 0.3 is 0 Å². The number of hydrogen-bond acceptors (Lipinski definition) is 6. The quantitative estimate of drug-likeness (QED) is 0.359. The Labute approximate surface area is 164 Å². The van der Waals surface area contributed by atoms with Crippen molar-refractivity contribution in [3.8, 4) is 11.5 Å². The summed E-state index contributed by atoms with van der Waals surface area (Å²) in [6, 6.07) is 9.41. The number of allylic oxidation sites excluding steroid dienone is 1. The van der Waals surface area contributed by atoms with Crippen molar-refractivity contribution in [3.05, 3.63) is 69.5 Å². The molecule has 3 aromatic rings. The van der Waals surface area contributed by atoms with E-state index in [1.807, 2.05) is 0 Å². The number of nitrogens with zero attached hydrogens (tertiary/aromatic N) is 3. The number of aromatic nitrogens is 1. The van der Waals surface area contributed by atoms with Crippen LogP contribution in [-0.2, 0) is 6.54 Å². The summed E-state index contributed by atoms with van der Waals surface area (Å²) in [6.45, 7) is 4.13. The van der Waals surface area contributed by atoms with Crippen LogP contribution in [0.25, 0.3) is 10.2 Å². The highest BCUT2D eigenvalue weighted by molar-refractivity contribution is 7.16. The van der Waals surface area contributed by atoms with Crippen LogP contribution in [0, 0.1) is 10.1 Å². The van der Waals surface area contributed by atoms with E-state index in [1.165, 1.54) is 37.7 Å². The Morgan fingerprint density at radius 1 is 1.29 bits per heavy atom. The van der Waals surface area contributed by atoms with E-state index < -0.39 is 10.8 Å². The van der Waals surface area contributed by atoms with Gasteiger partial charge in [0.25, 0.3) is 11.6 Å². The fraction of sp³-hybridized carbons (Fsp3) is 0.158. The van der Waals surface area contributed by atoms with Crippen molar-refractivity contribution in [1.82, 2.24) is 4.57 Å². The zero-order valence-corrected chi connectivity index (χ0v) is 16.1. The number of nitro groups is 1. The zero-order valence-electron chi connectivity index (χ0n) is 15.2. The molecule has 0 aliphatic carbocycles. The molecule has 28 heavy (non-hydrogen) atoms. The van der Waals surface area contributed by atoms with Gasteiger partial charge in [-0.25, -0.2) is 0 Å². The predicted molar refractivity (Wildman–Crippen MR) is 106 cm³/mol. The number of ether oxygens (including phenoxy) is 2. The second-order valence-corrected chi connectivity index (χ2v) is 6.69. The van der Waals surface area contributed by atoms with Gasteiger partial charge in [-0.3, -0.25) is 14.9 Å². The Kier molecular flexibility index (Phi) is 5.55. The number of fused-ring (bicyclic) bond motifs is 1. The lowest BCUT2D eigenvalue weighted by Crippen LogP contribution is -2.16. The number of carbonyl (C=O) groups excluding carboxylic acids is 1. The maximum Gasteiger partial charge on any atom is 0.283 e. The molecule has 1 aromatic heterocycles. The molecule has 144 valence electrons. The van der Waals surface area contributed by atoms with E-state index in [4.69, 9.17) is 9.47 Å². The van der Waals surface area contributed by atoms with Crippen molar-refractivity contribution < 1.29 is 19.2 Å². The first kappa shape index (κ1) is 19.3. The summed E-state index contributed by atoms with van der Waals surface area (Å²) in [7, 11) is 2.97. The second kappa shape index (κ2) is 8.05. The summed E-state index contributed by atoms with van der Waals surface area (Å²) in [4.78, 5) is 28.0. The molecule has 1 heterocycles.